The number of allylic oxidation sites excluding steroid dienone is 2. The Morgan fingerprint density at radius 2 is 2.17 bits per heavy atom. The fourth-order valence-electron chi connectivity index (χ4n) is 0.771. The largest absolute Gasteiger partial charge is 0.465 e. The van der Waals surface area contributed by atoms with Gasteiger partial charge >= 0.3 is 6.09 Å². The predicted octanol–water partition coefficient (Wildman–Crippen LogP) is 1.69. The number of halogens is 2. The third kappa shape index (κ3) is 2.05. The van der Waals surface area contributed by atoms with Crippen LogP contribution < -0.4 is 0 Å². The first kappa shape index (κ1) is 8.70. The zero-order valence-corrected chi connectivity index (χ0v) is 6.08. The van der Waals surface area contributed by atoms with Crippen molar-refractivity contribution in [1.82, 2.24) is 4.90 Å². The molecule has 1 heterocycles. The fraction of sp³-hybridized carbons (Fsp3) is 0.286. The predicted molar refractivity (Wildman–Crippen MR) is 38.0 cm³/mol. The van der Waals surface area contributed by atoms with E-state index in [-0.39, 0.29) is 6.54 Å². The Bertz CT molecular complexity index is 248. The summed E-state index contributed by atoms with van der Waals surface area (Å²) in [6, 6.07) is 0. The van der Waals surface area contributed by atoms with Crippen LogP contribution in [0.25, 0.3) is 0 Å². The van der Waals surface area contributed by atoms with Crippen molar-refractivity contribution in [3.05, 3.63) is 24.4 Å². The fourth-order valence-corrected chi connectivity index (χ4v) is 0.771. The lowest BCUT2D eigenvalue weighted by atomic mass is 10.3. The van der Waals surface area contributed by atoms with Gasteiger partial charge in [-0.1, -0.05) is 6.08 Å². The molecule has 0 saturated carbocycles. The summed E-state index contributed by atoms with van der Waals surface area (Å²) in [5.74, 6) is -3.04. The summed E-state index contributed by atoms with van der Waals surface area (Å²) in [5, 5.41) is 8.43. The average molecular weight is 175 g/mol. The van der Waals surface area contributed by atoms with E-state index in [1.165, 1.54) is 0 Å². The van der Waals surface area contributed by atoms with Gasteiger partial charge in [0.05, 0.1) is 0 Å². The van der Waals surface area contributed by atoms with Gasteiger partial charge < -0.3 is 5.11 Å². The molecule has 0 fully saturated rings. The van der Waals surface area contributed by atoms with Gasteiger partial charge in [0.2, 0.25) is 0 Å². The molecule has 1 N–H and O–H groups in total. The maximum Gasteiger partial charge on any atom is 0.411 e. The first-order chi connectivity index (χ1) is 5.51. The number of rotatable bonds is 0. The molecule has 0 radical (unpaired) electrons. The zero-order valence-electron chi connectivity index (χ0n) is 6.08. The molecule has 0 aromatic heterocycles. The third-order valence-corrected chi connectivity index (χ3v) is 1.36. The van der Waals surface area contributed by atoms with E-state index in [2.05, 4.69) is 0 Å². The summed E-state index contributed by atoms with van der Waals surface area (Å²) in [7, 11) is 0. The number of hydrogen-bond donors (Lipinski definition) is 1. The van der Waals surface area contributed by atoms with Crippen LogP contribution in [-0.2, 0) is 0 Å². The van der Waals surface area contributed by atoms with Gasteiger partial charge in [-0.15, -0.1) is 0 Å². The molecule has 12 heavy (non-hydrogen) atoms. The van der Waals surface area contributed by atoms with Gasteiger partial charge in [0.1, 0.15) is 0 Å². The normalized spacial score (nSPS) is 20.7. The molecule has 0 aromatic rings. The Hall–Kier alpha value is -1.39. The summed E-state index contributed by atoms with van der Waals surface area (Å²) in [6.45, 7) is -0.0403. The quantitative estimate of drug-likeness (QED) is 0.569. The van der Waals surface area contributed by atoms with Crippen LogP contribution in [0.2, 0.25) is 0 Å². The molecule has 0 spiro atoms. The molecule has 0 aromatic carbocycles. The molecule has 1 rings (SSSR count). The summed E-state index contributed by atoms with van der Waals surface area (Å²) >= 11 is 0. The lowest BCUT2D eigenvalue weighted by Crippen LogP contribution is -2.23. The topological polar surface area (TPSA) is 40.5 Å². The van der Waals surface area contributed by atoms with E-state index in [0.29, 0.717) is 12.2 Å². The molecule has 0 saturated heterocycles. The van der Waals surface area contributed by atoms with Crippen molar-refractivity contribution in [3.8, 4) is 0 Å². The molecule has 0 bridgehead atoms. The van der Waals surface area contributed by atoms with Gasteiger partial charge in [0.25, 0.3) is 5.92 Å². The number of amides is 1. The molecule has 0 atom stereocenters. The smallest absolute Gasteiger partial charge is 0.411 e. The second kappa shape index (κ2) is 2.92. The molecular formula is C7H7F2NO2. The lowest BCUT2D eigenvalue weighted by molar-refractivity contribution is 0.111. The van der Waals surface area contributed by atoms with Crippen LogP contribution in [0.15, 0.2) is 24.4 Å². The number of nitrogens with zero attached hydrogens (tertiary/aromatic N) is 1. The minimum absolute atomic E-state index is 0.0403. The Morgan fingerprint density at radius 1 is 1.50 bits per heavy atom. The average Bonchev–Trinajstić information content (AvgIpc) is 2.10. The van der Waals surface area contributed by atoms with Crippen LogP contribution in [0.1, 0.15) is 0 Å². The van der Waals surface area contributed by atoms with Gasteiger partial charge in [0, 0.05) is 18.8 Å². The number of alkyl halides is 2. The van der Waals surface area contributed by atoms with Crippen molar-refractivity contribution in [2.75, 3.05) is 6.54 Å². The Kier molecular flexibility index (Phi) is 2.12. The van der Waals surface area contributed by atoms with Crippen molar-refractivity contribution in [3.63, 3.8) is 0 Å². The molecular weight excluding hydrogens is 168 g/mol. The van der Waals surface area contributed by atoms with Crippen molar-refractivity contribution < 1.29 is 18.7 Å². The molecule has 1 aliphatic heterocycles. The maximum absolute atomic E-state index is 12.5. The molecule has 3 nitrogen and oxygen atoms in total. The van der Waals surface area contributed by atoms with E-state index in [9.17, 15) is 13.6 Å². The van der Waals surface area contributed by atoms with Gasteiger partial charge in [-0.2, -0.15) is 8.78 Å². The van der Waals surface area contributed by atoms with E-state index in [0.717, 1.165) is 17.2 Å². The Balaban J connectivity index is 2.79. The molecule has 66 valence electrons. The monoisotopic (exact) mass is 175 g/mol. The highest BCUT2D eigenvalue weighted by molar-refractivity contribution is 5.66. The molecule has 0 aliphatic carbocycles. The van der Waals surface area contributed by atoms with Gasteiger partial charge in [-0.25, -0.2) is 4.79 Å². The van der Waals surface area contributed by atoms with E-state index in [1.807, 2.05) is 0 Å². The van der Waals surface area contributed by atoms with Crippen molar-refractivity contribution in [2.45, 2.75) is 5.92 Å². The second-order valence-corrected chi connectivity index (χ2v) is 2.33. The minimum atomic E-state index is -3.04. The van der Waals surface area contributed by atoms with E-state index in [4.69, 9.17) is 5.11 Å². The van der Waals surface area contributed by atoms with Crippen molar-refractivity contribution >= 4 is 6.09 Å². The highest BCUT2D eigenvalue weighted by atomic mass is 19.3. The summed E-state index contributed by atoms with van der Waals surface area (Å²) in [5.41, 5.74) is 0. The Labute approximate surface area is 67.6 Å². The van der Waals surface area contributed by atoms with E-state index in [1.54, 1.807) is 0 Å². The van der Waals surface area contributed by atoms with Crippen LogP contribution >= 0.6 is 0 Å². The van der Waals surface area contributed by atoms with Crippen LogP contribution in [0, 0.1) is 0 Å². The van der Waals surface area contributed by atoms with E-state index >= 15 is 0 Å². The molecule has 5 heteroatoms. The third-order valence-electron chi connectivity index (χ3n) is 1.36. The molecule has 1 aliphatic rings. The summed E-state index contributed by atoms with van der Waals surface area (Å²) < 4.78 is 25.0. The first-order valence-corrected chi connectivity index (χ1v) is 3.26. The number of hydrogen-bond acceptors (Lipinski definition) is 1. The van der Waals surface area contributed by atoms with Gasteiger partial charge in [0.15, 0.2) is 0 Å². The maximum atomic E-state index is 12.5. The van der Waals surface area contributed by atoms with Crippen LogP contribution in [-0.4, -0.2) is 28.6 Å². The lowest BCUT2D eigenvalue weighted by Gasteiger charge is -2.09. The minimum Gasteiger partial charge on any atom is -0.465 e. The number of carboxylic acid groups (broad SMARTS) is 1. The summed E-state index contributed by atoms with van der Waals surface area (Å²) in [4.78, 5) is 11.1. The van der Waals surface area contributed by atoms with Gasteiger partial charge in [-0.3, -0.25) is 4.90 Å². The van der Waals surface area contributed by atoms with Gasteiger partial charge in [-0.05, 0) is 6.08 Å². The first-order valence-electron chi connectivity index (χ1n) is 3.26. The Morgan fingerprint density at radius 3 is 2.75 bits per heavy atom. The van der Waals surface area contributed by atoms with Crippen LogP contribution in [0.4, 0.5) is 13.6 Å². The highest BCUT2D eigenvalue weighted by Gasteiger charge is 2.23. The van der Waals surface area contributed by atoms with Crippen molar-refractivity contribution in [1.29, 1.82) is 0 Å². The standard InChI is InChI=1S/C7H7F2NO2/c8-7(9)2-1-4-10(5-3-7)6(11)12/h1-3,5H,4H2,(H,11,12). The zero-order chi connectivity index (χ0) is 9.19. The van der Waals surface area contributed by atoms with Crippen LogP contribution in [0.5, 0.6) is 0 Å². The van der Waals surface area contributed by atoms with Crippen molar-refractivity contribution in [2.24, 2.45) is 0 Å². The SMILES string of the molecule is O=C(O)N1C=CC(F)(F)C=CC1. The summed E-state index contributed by atoms with van der Waals surface area (Å²) in [6.07, 6.45) is 1.96. The second-order valence-electron chi connectivity index (χ2n) is 2.33. The molecule has 1 amide bonds. The van der Waals surface area contributed by atoms with Crippen LogP contribution in [0.3, 0.4) is 0 Å². The number of carbonyl (C=O) groups is 1. The van der Waals surface area contributed by atoms with E-state index < -0.39 is 12.0 Å². The highest BCUT2D eigenvalue weighted by Crippen LogP contribution is 2.19. The molecule has 0 unspecified atom stereocenters.